The highest BCUT2D eigenvalue weighted by atomic mass is 14.0. The van der Waals surface area contributed by atoms with Gasteiger partial charge in [-0.2, -0.15) is 0 Å². The molecule has 0 aromatic heterocycles. The quantitative estimate of drug-likeness (QED) is 0.521. The maximum Gasteiger partial charge on any atom is -0.0169 e. The van der Waals surface area contributed by atoms with E-state index < -0.39 is 0 Å². The third kappa shape index (κ3) is 5.61. The molecule has 0 aliphatic carbocycles. The molecule has 0 bridgehead atoms. The molecule has 0 unspecified atom stereocenters. The zero-order chi connectivity index (χ0) is 7.98. The van der Waals surface area contributed by atoms with Crippen LogP contribution in [0.3, 0.4) is 0 Å². The van der Waals surface area contributed by atoms with Crippen LogP contribution in [0.2, 0.25) is 0 Å². The molecule has 0 aromatic carbocycles. The summed E-state index contributed by atoms with van der Waals surface area (Å²) in [5.74, 6) is 0.779. The molecule has 58 valence electrons. The Kier molecular flexibility index (Phi) is 5.00. The largest absolute Gasteiger partial charge is 0.103 e. The van der Waals surface area contributed by atoms with Crippen LogP contribution < -0.4 is 0 Å². The van der Waals surface area contributed by atoms with Gasteiger partial charge < -0.3 is 0 Å². The molecule has 0 aliphatic rings. The molecule has 10 heavy (non-hydrogen) atoms. The number of hydrogen-bond donors (Lipinski definition) is 0. The molecule has 0 aliphatic heterocycles. The highest BCUT2D eigenvalue weighted by molar-refractivity contribution is 5.01. The summed E-state index contributed by atoms with van der Waals surface area (Å²) >= 11 is 0. The fourth-order valence-corrected chi connectivity index (χ4v) is 1.01. The minimum atomic E-state index is 0.779. The van der Waals surface area contributed by atoms with Gasteiger partial charge in [-0.05, 0) is 25.7 Å². The van der Waals surface area contributed by atoms with Gasteiger partial charge in [-0.1, -0.05) is 31.6 Å². The summed E-state index contributed by atoms with van der Waals surface area (Å²) in [7, 11) is 0. The summed E-state index contributed by atoms with van der Waals surface area (Å²) in [5.41, 5.74) is 1.48. The first kappa shape index (κ1) is 9.48. The van der Waals surface area contributed by atoms with Crippen LogP contribution in [0.15, 0.2) is 24.3 Å². The van der Waals surface area contributed by atoms with Gasteiger partial charge in [0.25, 0.3) is 0 Å². The molecular formula is C10H18. The summed E-state index contributed by atoms with van der Waals surface area (Å²) in [5, 5.41) is 0. The van der Waals surface area contributed by atoms with Gasteiger partial charge in [0.1, 0.15) is 0 Å². The van der Waals surface area contributed by atoms with Crippen molar-refractivity contribution in [2.75, 3.05) is 0 Å². The van der Waals surface area contributed by atoms with E-state index in [4.69, 9.17) is 0 Å². The Hall–Kier alpha value is -0.520. The van der Waals surface area contributed by atoms with Crippen molar-refractivity contribution in [3.05, 3.63) is 24.3 Å². The van der Waals surface area contributed by atoms with E-state index >= 15 is 0 Å². The van der Waals surface area contributed by atoms with Gasteiger partial charge >= 0.3 is 0 Å². The van der Waals surface area contributed by atoms with Crippen molar-refractivity contribution in [2.24, 2.45) is 5.92 Å². The molecule has 0 aromatic rings. The predicted octanol–water partition coefficient (Wildman–Crippen LogP) is 3.55. The van der Waals surface area contributed by atoms with Gasteiger partial charge in [0.05, 0.1) is 0 Å². The van der Waals surface area contributed by atoms with E-state index in [-0.39, 0.29) is 0 Å². The van der Waals surface area contributed by atoms with Crippen LogP contribution in [0, 0.1) is 5.92 Å². The van der Waals surface area contributed by atoms with Crippen molar-refractivity contribution < 1.29 is 0 Å². The van der Waals surface area contributed by atoms with Crippen molar-refractivity contribution in [3.8, 4) is 0 Å². The SMILES string of the molecule is C=CCC=C(C)CC(C)C. The molecule has 0 heterocycles. The average Bonchev–Trinajstić information content (AvgIpc) is 1.82. The van der Waals surface area contributed by atoms with E-state index in [0.29, 0.717) is 0 Å². The topological polar surface area (TPSA) is 0 Å². The fourth-order valence-electron chi connectivity index (χ4n) is 1.01. The van der Waals surface area contributed by atoms with Crippen molar-refractivity contribution in [1.82, 2.24) is 0 Å². The maximum atomic E-state index is 3.67. The zero-order valence-corrected chi connectivity index (χ0v) is 7.35. The summed E-state index contributed by atoms with van der Waals surface area (Å²) in [6.07, 6.45) is 6.41. The second-order valence-corrected chi connectivity index (χ2v) is 3.17. The summed E-state index contributed by atoms with van der Waals surface area (Å²) in [6, 6.07) is 0. The Labute approximate surface area is 64.6 Å². The zero-order valence-electron chi connectivity index (χ0n) is 7.35. The molecule has 0 atom stereocenters. The lowest BCUT2D eigenvalue weighted by Gasteiger charge is -2.03. The summed E-state index contributed by atoms with van der Waals surface area (Å²) < 4.78 is 0. The van der Waals surface area contributed by atoms with E-state index in [0.717, 1.165) is 12.3 Å². The monoisotopic (exact) mass is 138 g/mol. The second-order valence-electron chi connectivity index (χ2n) is 3.17. The fraction of sp³-hybridized carbons (Fsp3) is 0.600. The van der Waals surface area contributed by atoms with Crippen LogP contribution in [0.25, 0.3) is 0 Å². The Bertz CT molecular complexity index is 118. The first-order valence-electron chi connectivity index (χ1n) is 3.93. The third-order valence-electron chi connectivity index (χ3n) is 1.36. The van der Waals surface area contributed by atoms with Crippen molar-refractivity contribution >= 4 is 0 Å². The minimum Gasteiger partial charge on any atom is -0.103 e. The van der Waals surface area contributed by atoms with Gasteiger partial charge in [-0.25, -0.2) is 0 Å². The van der Waals surface area contributed by atoms with Crippen LogP contribution in [0.1, 0.15) is 33.6 Å². The lowest BCUT2D eigenvalue weighted by atomic mass is 10.0. The van der Waals surface area contributed by atoms with Crippen LogP contribution >= 0.6 is 0 Å². The normalized spacial score (nSPS) is 12.2. The van der Waals surface area contributed by atoms with Gasteiger partial charge in [-0.3, -0.25) is 0 Å². The standard InChI is InChI=1S/C10H18/c1-5-6-7-10(4)8-9(2)3/h5,7,9H,1,6,8H2,2-4H3. The minimum absolute atomic E-state index is 0.779. The van der Waals surface area contributed by atoms with Crippen LogP contribution in [0.5, 0.6) is 0 Å². The maximum absolute atomic E-state index is 3.67. The Balaban J connectivity index is 3.59. The third-order valence-corrected chi connectivity index (χ3v) is 1.36. The van der Waals surface area contributed by atoms with Gasteiger partial charge in [0.15, 0.2) is 0 Å². The van der Waals surface area contributed by atoms with Crippen molar-refractivity contribution in [1.29, 1.82) is 0 Å². The smallest absolute Gasteiger partial charge is 0.0169 e. The van der Waals surface area contributed by atoms with E-state index in [1.165, 1.54) is 12.0 Å². The first-order valence-corrected chi connectivity index (χ1v) is 3.93. The molecule has 0 nitrogen and oxygen atoms in total. The Morgan fingerprint density at radius 2 is 2.10 bits per heavy atom. The summed E-state index contributed by atoms with van der Waals surface area (Å²) in [4.78, 5) is 0. The van der Waals surface area contributed by atoms with E-state index in [1.807, 2.05) is 6.08 Å². The van der Waals surface area contributed by atoms with Crippen molar-refractivity contribution in [3.63, 3.8) is 0 Å². The first-order chi connectivity index (χ1) is 4.66. The van der Waals surface area contributed by atoms with Gasteiger partial charge in [0, 0.05) is 0 Å². The Morgan fingerprint density at radius 1 is 1.50 bits per heavy atom. The number of hydrogen-bond acceptors (Lipinski definition) is 0. The highest BCUT2D eigenvalue weighted by Gasteiger charge is 1.93. The van der Waals surface area contributed by atoms with Gasteiger partial charge in [-0.15, -0.1) is 6.58 Å². The van der Waals surface area contributed by atoms with E-state index in [2.05, 4.69) is 33.4 Å². The van der Waals surface area contributed by atoms with E-state index in [9.17, 15) is 0 Å². The lowest BCUT2D eigenvalue weighted by molar-refractivity contribution is 0.641. The molecule has 0 saturated carbocycles. The molecule has 0 spiro atoms. The van der Waals surface area contributed by atoms with Gasteiger partial charge in [0.2, 0.25) is 0 Å². The Morgan fingerprint density at radius 3 is 2.50 bits per heavy atom. The molecule has 0 rings (SSSR count). The van der Waals surface area contributed by atoms with E-state index in [1.54, 1.807) is 0 Å². The highest BCUT2D eigenvalue weighted by Crippen LogP contribution is 2.09. The predicted molar refractivity (Wildman–Crippen MR) is 48.0 cm³/mol. The molecule has 0 fully saturated rings. The molecule has 0 saturated heterocycles. The van der Waals surface area contributed by atoms with Crippen LogP contribution in [-0.2, 0) is 0 Å². The van der Waals surface area contributed by atoms with Crippen LogP contribution in [-0.4, -0.2) is 0 Å². The molecular weight excluding hydrogens is 120 g/mol. The molecule has 0 heteroatoms. The molecule has 0 radical (unpaired) electrons. The number of allylic oxidation sites excluding steroid dienone is 3. The van der Waals surface area contributed by atoms with Crippen molar-refractivity contribution in [2.45, 2.75) is 33.6 Å². The average molecular weight is 138 g/mol. The molecule has 0 amide bonds. The second kappa shape index (κ2) is 5.28. The molecule has 0 N–H and O–H groups in total. The lowest BCUT2D eigenvalue weighted by Crippen LogP contribution is -1.87. The number of rotatable bonds is 4. The van der Waals surface area contributed by atoms with Crippen LogP contribution in [0.4, 0.5) is 0 Å². The summed E-state index contributed by atoms with van der Waals surface area (Å²) in [6.45, 7) is 10.3.